The van der Waals surface area contributed by atoms with Crippen LogP contribution in [0.2, 0.25) is 0 Å². The summed E-state index contributed by atoms with van der Waals surface area (Å²) in [6.07, 6.45) is 0. The summed E-state index contributed by atoms with van der Waals surface area (Å²) in [5.41, 5.74) is 8.66. The van der Waals surface area contributed by atoms with Crippen LogP contribution >= 0.6 is 0 Å². The fourth-order valence-electron chi connectivity index (χ4n) is 3.57. The predicted octanol–water partition coefficient (Wildman–Crippen LogP) is 5.07. The highest BCUT2D eigenvalue weighted by Crippen LogP contribution is 2.33. The Morgan fingerprint density at radius 1 is 0.821 bits per heavy atom. The molecule has 5 rings (SSSR count). The van der Waals surface area contributed by atoms with E-state index in [0.717, 1.165) is 50.8 Å². The van der Waals surface area contributed by atoms with E-state index in [2.05, 4.69) is 40.5 Å². The first-order valence-electron chi connectivity index (χ1n) is 9.24. The molecule has 0 spiro atoms. The number of benzene rings is 2. The molecule has 5 aromatic rings. The molecule has 0 unspecified atom stereocenters. The number of rotatable bonds is 3. The minimum absolute atomic E-state index is 0.812. The van der Waals surface area contributed by atoms with Crippen LogP contribution in [0.15, 0.2) is 72.8 Å². The number of imidazole rings is 1. The standard InChI is InChI=1S/C23H19N5/c1-15-13-20(26-25-15)23-16(2)24-21-14-19(17-9-5-3-6-10-17)22(27-28(21)23)18-11-7-4-8-12-18/h3-14H,1-2H3,(H,25,26). The molecule has 0 amide bonds. The summed E-state index contributed by atoms with van der Waals surface area (Å²) in [4.78, 5) is 4.77. The van der Waals surface area contributed by atoms with Crippen molar-refractivity contribution in [3.8, 4) is 33.8 Å². The van der Waals surface area contributed by atoms with Gasteiger partial charge in [-0.05, 0) is 31.5 Å². The maximum Gasteiger partial charge on any atom is 0.155 e. The Hall–Kier alpha value is -3.73. The van der Waals surface area contributed by atoms with Crippen LogP contribution in [-0.4, -0.2) is 24.8 Å². The zero-order valence-corrected chi connectivity index (χ0v) is 15.7. The van der Waals surface area contributed by atoms with Crippen LogP contribution < -0.4 is 0 Å². The van der Waals surface area contributed by atoms with Gasteiger partial charge in [-0.3, -0.25) is 5.10 Å². The van der Waals surface area contributed by atoms with E-state index in [1.54, 1.807) is 0 Å². The summed E-state index contributed by atoms with van der Waals surface area (Å²) in [7, 11) is 0. The van der Waals surface area contributed by atoms with E-state index in [0.29, 0.717) is 0 Å². The van der Waals surface area contributed by atoms with E-state index >= 15 is 0 Å². The molecule has 0 aliphatic heterocycles. The van der Waals surface area contributed by atoms with Crippen molar-refractivity contribution >= 4 is 5.65 Å². The lowest BCUT2D eigenvalue weighted by Gasteiger charge is -2.11. The number of H-pyrrole nitrogens is 1. The van der Waals surface area contributed by atoms with Crippen molar-refractivity contribution in [1.82, 2.24) is 24.8 Å². The van der Waals surface area contributed by atoms with Crippen molar-refractivity contribution in [1.29, 1.82) is 0 Å². The molecular weight excluding hydrogens is 346 g/mol. The Bertz CT molecular complexity index is 1270. The predicted molar refractivity (Wildman–Crippen MR) is 111 cm³/mol. The van der Waals surface area contributed by atoms with E-state index in [-0.39, 0.29) is 0 Å². The van der Waals surface area contributed by atoms with Gasteiger partial charge in [0.25, 0.3) is 0 Å². The van der Waals surface area contributed by atoms with E-state index in [1.807, 2.05) is 60.8 Å². The monoisotopic (exact) mass is 365 g/mol. The molecule has 3 heterocycles. The molecule has 0 aliphatic rings. The van der Waals surface area contributed by atoms with E-state index in [9.17, 15) is 0 Å². The summed E-state index contributed by atoms with van der Waals surface area (Å²) in [5.74, 6) is 0. The minimum Gasteiger partial charge on any atom is -0.282 e. The molecule has 0 radical (unpaired) electrons. The van der Waals surface area contributed by atoms with Gasteiger partial charge in [-0.2, -0.15) is 10.2 Å². The average molecular weight is 365 g/mol. The van der Waals surface area contributed by atoms with E-state index in [4.69, 9.17) is 10.1 Å². The second-order valence-electron chi connectivity index (χ2n) is 6.89. The third-order valence-corrected chi connectivity index (χ3v) is 4.86. The van der Waals surface area contributed by atoms with Crippen molar-refractivity contribution in [2.45, 2.75) is 13.8 Å². The molecule has 0 atom stereocenters. The molecule has 2 aromatic carbocycles. The van der Waals surface area contributed by atoms with Crippen LogP contribution in [0.1, 0.15) is 11.4 Å². The minimum atomic E-state index is 0.812. The van der Waals surface area contributed by atoms with Gasteiger partial charge in [0.2, 0.25) is 0 Å². The number of fused-ring (bicyclic) bond motifs is 1. The molecule has 0 fully saturated rings. The first-order chi connectivity index (χ1) is 13.7. The summed E-state index contributed by atoms with van der Waals surface area (Å²) in [5, 5.41) is 12.5. The Morgan fingerprint density at radius 3 is 2.14 bits per heavy atom. The molecule has 0 bridgehead atoms. The largest absolute Gasteiger partial charge is 0.282 e. The zero-order valence-electron chi connectivity index (χ0n) is 15.7. The number of hydrogen-bond donors (Lipinski definition) is 1. The van der Waals surface area contributed by atoms with Gasteiger partial charge >= 0.3 is 0 Å². The summed E-state index contributed by atoms with van der Waals surface area (Å²) in [6, 6.07) is 24.7. The van der Waals surface area contributed by atoms with E-state index < -0.39 is 0 Å². The molecule has 0 saturated heterocycles. The fraction of sp³-hybridized carbons (Fsp3) is 0.0870. The Balaban J connectivity index is 1.83. The quantitative estimate of drug-likeness (QED) is 0.485. The molecule has 5 nitrogen and oxygen atoms in total. The lowest BCUT2D eigenvalue weighted by atomic mass is 10.00. The number of nitrogens with one attached hydrogen (secondary N) is 1. The number of aromatic nitrogens is 5. The molecule has 0 aliphatic carbocycles. The van der Waals surface area contributed by atoms with Gasteiger partial charge in [-0.1, -0.05) is 60.7 Å². The summed E-state index contributed by atoms with van der Waals surface area (Å²) >= 11 is 0. The number of nitrogens with zero attached hydrogens (tertiary/aromatic N) is 4. The molecular formula is C23H19N5. The molecule has 0 saturated carbocycles. The first kappa shape index (κ1) is 16.4. The van der Waals surface area contributed by atoms with Crippen LogP contribution in [0, 0.1) is 13.8 Å². The number of hydrogen-bond acceptors (Lipinski definition) is 3. The van der Waals surface area contributed by atoms with Crippen molar-refractivity contribution in [3.63, 3.8) is 0 Å². The van der Waals surface area contributed by atoms with Gasteiger partial charge < -0.3 is 0 Å². The summed E-state index contributed by atoms with van der Waals surface area (Å²) in [6.45, 7) is 3.99. The van der Waals surface area contributed by atoms with Gasteiger partial charge in [0.1, 0.15) is 11.4 Å². The Morgan fingerprint density at radius 2 is 1.50 bits per heavy atom. The fourth-order valence-corrected chi connectivity index (χ4v) is 3.57. The molecule has 136 valence electrons. The molecule has 3 aromatic heterocycles. The second-order valence-corrected chi connectivity index (χ2v) is 6.89. The maximum absolute atomic E-state index is 5.03. The van der Waals surface area contributed by atoms with Crippen molar-refractivity contribution in [3.05, 3.63) is 84.2 Å². The lowest BCUT2D eigenvalue weighted by molar-refractivity contribution is 0.939. The van der Waals surface area contributed by atoms with Crippen molar-refractivity contribution < 1.29 is 0 Å². The summed E-state index contributed by atoms with van der Waals surface area (Å²) < 4.78 is 1.90. The lowest BCUT2D eigenvalue weighted by Crippen LogP contribution is -2.00. The van der Waals surface area contributed by atoms with Crippen LogP contribution in [0.25, 0.3) is 39.4 Å². The van der Waals surface area contributed by atoms with Crippen molar-refractivity contribution in [2.75, 3.05) is 0 Å². The molecule has 28 heavy (non-hydrogen) atoms. The SMILES string of the molecule is Cc1cc(-c2c(C)nc3cc(-c4ccccc4)c(-c4ccccc4)nn23)n[nH]1. The smallest absolute Gasteiger partial charge is 0.155 e. The van der Waals surface area contributed by atoms with Crippen molar-refractivity contribution in [2.24, 2.45) is 0 Å². The van der Waals surface area contributed by atoms with Gasteiger partial charge in [-0.15, -0.1) is 0 Å². The van der Waals surface area contributed by atoms with Gasteiger partial charge in [-0.25, -0.2) is 9.50 Å². The first-order valence-corrected chi connectivity index (χ1v) is 9.24. The maximum atomic E-state index is 5.03. The van der Waals surface area contributed by atoms with E-state index in [1.165, 1.54) is 0 Å². The van der Waals surface area contributed by atoms with Crippen LogP contribution in [0.4, 0.5) is 0 Å². The highest BCUT2D eigenvalue weighted by molar-refractivity contribution is 5.83. The highest BCUT2D eigenvalue weighted by Gasteiger charge is 2.18. The molecule has 1 N–H and O–H groups in total. The zero-order chi connectivity index (χ0) is 19.1. The van der Waals surface area contributed by atoms with Crippen LogP contribution in [0.3, 0.4) is 0 Å². The van der Waals surface area contributed by atoms with Crippen LogP contribution in [-0.2, 0) is 0 Å². The second kappa shape index (κ2) is 6.46. The third kappa shape index (κ3) is 2.68. The topological polar surface area (TPSA) is 58.9 Å². The highest BCUT2D eigenvalue weighted by atomic mass is 15.3. The number of aryl methyl sites for hydroxylation is 2. The Kier molecular flexibility index (Phi) is 3.79. The average Bonchev–Trinajstić information content (AvgIpc) is 3.29. The normalized spacial score (nSPS) is 11.2. The van der Waals surface area contributed by atoms with Crippen LogP contribution in [0.5, 0.6) is 0 Å². The third-order valence-electron chi connectivity index (χ3n) is 4.86. The molecule has 5 heteroatoms. The van der Waals surface area contributed by atoms with Gasteiger partial charge in [0, 0.05) is 16.8 Å². The van der Waals surface area contributed by atoms with Gasteiger partial charge in [0.05, 0.1) is 11.4 Å². The van der Waals surface area contributed by atoms with Gasteiger partial charge in [0.15, 0.2) is 5.65 Å². The Labute approximate surface area is 162 Å². The number of aromatic amines is 1.